The normalized spacial score (nSPS) is 25.4. The molecule has 3 fully saturated rings. The second-order valence-electron chi connectivity index (χ2n) is 8.71. The molecule has 166 valence electrons. The predicted molar refractivity (Wildman–Crippen MR) is 112 cm³/mol. The van der Waals surface area contributed by atoms with E-state index < -0.39 is 10.0 Å². The number of nitrogens with zero attached hydrogens (tertiary/aromatic N) is 3. The molecule has 0 radical (unpaired) electrons. The van der Waals surface area contributed by atoms with Gasteiger partial charge in [0.2, 0.25) is 15.9 Å². The van der Waals surface area contributed by atoms with Crippen LogP contribution >= 0.6 is 0 Å². The number of amides is 1. The predicted octanol–water partition coefficient (Wildman–Crippen LogP) is 1.10. The van der Waals surface area contributed by atoms with Gasteiger partial charge in [0.1, 0.15) is 4.90 Å². The van der Waals surface area contributed by atoms with Crippen molar-refractivity contribution in [2.24, 2.45) is 11.3 Å². The molecule has 1 amide bonds. The second kappa shape index (κ2) is 9.30. The largest absolute Gasteiger partial charge is 0.379 e. The molecule has 1 aromatic rings. The van der Waals surface area contributed by atoms with E-state index in [1.54, 1.807) is 18.3 Å². The van der Waals surface area contributed by atoms with Crippen LogP contribution in [-0.4, -0.2) is 81.0 Å². The fourth-order valence-electron chi connectivity index (χ4n) is 5.16. The van der Waals surface area contributed by atoms with Gasteiger partial charge in [-0.15, -0.1) is 0 Å². The van der Waals surface area contributed by atoms with Gasteiger partial charge in [-0.25, -0.2) is 8.42 Å². The number of pyridine rings is 1. The molecular weight excluding hydrogens is 404 g/mol. The first-order valence-corrected chi connectivity index (χ1v) is 12.4. The quantitative estimate of drug-likeness (QED) is 0.718. The van der Waals surface area contributed by atoms with Crippen molar-refractivity contribution in [2.45, 2.75) is 37.0 Å². The highest BCUT2D eigenvalue weighted by Crippen LogP contribution is 2.48. The molecule has 0 bridgehead atoms. The Labute approximate surface area is 179 Å². The Kier molecular flexibility index (Phi) is 6.72. The molecule has 3 aliphatic rings. The third-order valence-electron chi connectivity index (χ3n) is 6.89. The number of rotatable bonds is 6. The van der Waals surface area contributed by atoms with E-state index in [0.29, 0.717) is 13.1 Å². The Bertz CT molecular complexity index is 821. The van der Waals surface area contributed by atoms with Crippen molar-refractivity contribution >= 4 is 15.9 Å². The number of hydrogen-bond acceptors (Lipinski definition) is 6. The molecule has 30 heavy (non-hydrogen) atoms. The van der Waals surface area contributed by atoms with Crippen LogP contribution in [0.3, 0.4) is 0 Å². The molecule has 2 aliphatic heterocycles. The summed E-state index contributed by atoms with van der Waals surface area (Å²) in [5, 5.41) is 3.10. The molecule has 1 aromatic heterocycles. The molecule has 1 N–H and O–H groups in total. The van der Waals surface area contributed by atoms with E-state index in [1.165, 1.54) is 10.5 Å². The van der Waals surface area contributed by atoms with Gasteiger partial charge in [0, 0.05) is 51.7 Å². The molecule has 1 aliphatic carbocycles. The van der Waals surface area contributed by atoms with Gasteiger partial charge in [-0.2, -0.15) is 4.31 Å². The van der Waals surface area contributed by atoms with Crippen LogP contribution in [0.1, 0.15) is 32.1 Å². The zero-order chi connectivity index (χ0) is 21.0. The van der Waals surface area contributed by atoms with Crippen LogP contribution in [0.5, 0.6) is 0 Å². The number of ether oxygens (including phenoxy) is 1. The van der Waals surface area contributed by atoms with Crippen LogP contribution in [0.2, 0.25) is 0 Å². The van der Waals surface area contributed by atoms with Gasteiger partial charge in [0.05, 0.1) is 19.1 Å². The summed E-state index contributed by atoms with van der Waals surface area (Å²) < 4.78 is 33.3. The fourth-order valence-corrected chi connectivity index (χ4v) is 6.68. The summed E-state index contributed by atoms with van der Waals surface area (Å²) in [6, 6.07) is 3.21. The average molecular weight is 437 g/mol. The number of morpholine rings is 1. The Morgan fingerprint density at radius 2 is 2.00 bits per heavy atom. The number of sulfonamides is 1. The summed E-state index contributed by atoms with van der Waals surface area (Å²) in [6.07, 6.45) is 8.04. The molecule has 8 nitrogen and oxygen atoms in total. The van der Waals surface area contributed by atoms with Crippen molar-refractivity contribution in [2.75, 3.05) is 52.5 Å². The standard InChI is InChI=1S/C21H32N4O4S/c26-20(23-9-10-24-11-13-29-14-12-24)19-16-25(17-21(19)6-2-1-3-7-21)30(27,28)18-5-4-8-22-15-18/h4-5,8,15,19H,1-3,6-7,9-14,16-17H2,(H,23,26). The summed E-state index contributed by atoms with van der Waals surface area (Å²) in [6.45, 7) is 5.31. The SMILES string of the molecule is O=C(NCCN1CCOCC1)C1CN(S(=O)(=O)c2cccnc2)CC12CCCCC2. The minimum absolute atomic E-state index is 0.00551. The lowest BCUT2D eigenvalue weighted by molar-refractivity contribution is -0.128. The zero-order valence-electron chi connectivity index (χ0n) is 17.5. The van der Waals surface area contributed by atoms with Crippen molar-refractivity contribution in [1.82, 2.24) is 19.5 Å². The maximum atomic E-state index is 13.2. The Balaban J connectivity index is 1.45. The molecule has 3 heterocycles. The van der Waals surface area contributed by atoms with E-state index in [2.05, 4.69) is 15.2 Å². The Morgan fingerprint density at radius 1 is 1.23 bits per heavy atom. The first kappa shape index (κ1) is 21.7. The van der Waals surface area contributed by atoms with Crippen molar-refractivity contribution in [3.63, 3.8) is 0 Å². The van der Waals surface area contributed by atoms with Gasteiger partial charge in [-0.05, 0) is 30.4 Å². The third-order valence-corrected chi connectivity index (χ3v) is 8.68. The highest BCUT2D eigenvalue weighted by Gasteiger charge is 2.53. The zero-order valence-corrected chi connectivity index (χ0v) is 18.3. The minimum Gasteiger partial charge on any atom is -0.379 e. The fraction of sp³-hybridized carbons (Fsp3) is 0.714. The van der Waals surface area contributed by atoms with Crippen LogP contribution in [0.25, 0.3) is 0 Å². The van der Waals surface area contributed by atoms with Gasteiger partial charge in [0.25, 0.3) is 0 Å². The maximum Gasteiger partial charge on any atom is 0.244 e. The van der Waals surface area contributed by atoms with E-state index >= 15 is 0 Å². The highest BCUT2D eigenvalue weighted by atomic mass is 32.2. The molecule has 0 aromatic carbocycles. The first-order valence-electron chi connectivity index (χ1n) is 11.0. The molecule has 4 rings (SSSR count). The summed E-state index contributed by atoms with van der Waals surface area (Å²) in [5.41, 5.74) is -0.253. The van der Waals surface area contributed by atoms with Crippen molar-refractivity contribution < 1.29 is 17.9 Å². The summed E-state index contributed by atoms with van der Waals surface area (Å²) in [5.74, 6) is -0.303. The van der Waals surface area contributed by atoms with Crippen LogP contribution in [0.15, 0.2) is 29.4 Å². The Morgan fingerprint density at radius 3 is 2.70 bits per heavy atom. The van der Waals surface area contributed by atoms with Crippen LogP contribution in [-0.2, 0) is 19.6 Å². The van der Waals surface area contributed by atoms with Gasteiger partial charge in [-0.3, -0.25) is 14.7 Å². The van der Waals surface area contributed by atoms with Crippen molar-refractivity contribution in [1.29, 1.82) is 0 Å². The Hall–Kier alpha value is -1.55. The lowest BCUT2D eigenvalue weighted by Crippen LogP contribution is -2.46. The molecule has 1 saturated carbocycles. The lowest BCUT2D eigenvalue weighted by Gasteiger charge is -2.37. The molecule has 9 heteroatoms. The minimum atomic E-state index is -3.65. The summed E-state index contributed by atoms with van der Waals surface area (Å²) in [4.78, 5) is 19.6. The lowest BCUT2D eigenvalue weighted by atomic mass is 9.67. The molecule has 1 unspecified atom stereocenters. The van der Waals surface area contributed by atoms with Crippen molar-refractivity contribution in [3.8, 4) is 0 Å². The maximum absolute atomic E-state index is 13.2. The number of carbonyl (C=O) groups excluding carboxylic acids is 1. The summed E-state index contributed by atoms with van der Waals surface area (Å²) >= 11 is 0. The smallest absolute Gasteiger partial charge is 0.244 e. The van der Waals surface area contributed by atoms with Crippen LogP contribution < -0.4 is 5.32 Å². The van der Waals surface area contributed by atoms with E-state index in [9.17, 15) is 13.2 Å². The molecule has 1 spiro atoms. The van der Waals surface area contributed by atoms with Crippen LogP contribution in [0, 0.1) is 11.3 Å². The van der Waals surface area contributed by atoms with Gasteiger partial charge in [0.15, 0.2) is 0 Å². The van der Waals surface area contributed by atoms with Crippen LogP contribution in [0.4, 0.5) is 0 Å². The second-order valence-corrected chi connectivity index (χ2v) is 10.6. The van der Waals surface area contributed by atoms with Gasteiger partial charge in [-0.1, -0.05) is 19.3 Å². The number of hydrogen-bond donors (Lipinski definition) is 1. The number of nitrogens with one attached hydrogen (secondary N) is 1. The van der Waals surface area contributed by atoms with E-state index in [1.807, 2.05) is 0 Å². The third kappa shape index (κ3) is 4.54. The first-order chi connectivity index (χ1) is 14.5. The van der Waals surface area contributed by atoms with Gasteiger partial charge >= 0.3 is 0 Å². The molecular formula is C21H32N4O4S. The van der Waals surface area contributed by atoms with Gasteiger partial charge < -0.3 is 10.1 Å². The molecule has 1 atom stereocenters. The van der Waals surface area contributed by atoms with Crippen molar-refractivity contribution in [3.05, 3.63) is 24.5 Å². The highest BCUT2D eigenvalue weighted by molar-refractivity contribution is 7.89. The number of carbonyl (C=O) groups is 1. The average Bonchev–Trinajstić information content (AvgIpc) is 3.15. The topological polar surface area (TPSA) is 91.8 Å². The van der Waals surface area contributed by atoms with E-state index in [-0.39, 0.29) is 28.7 Å². The summed E-state index contributed by atoms with van der Waals surface area (Å²) in [7, 11) is -3.65. The van der Waals surface area contributed by atoms with E-state index in [0.717, 1.165) is 65.0 Å². The van der Waals surface area contributed by atoms with E-state index in [4.69, 9.17) is 4.74 Å². The number of aromatic nitrogens is 1. The monoisotopic (exact) mass is 436 g/mol. The molecule has 2 saturated heterocycles.